The van der Waals surface area contributed by atoms with Crippen molar-refractivity contribution in [3.05, 3.63) is 48.0 Å². The molecule has 2 aromatic carbocycles. The molecule has 8 nitrogen and oxygen atoms in total. The van der Waals surface area contributed by atoms with Gasteiger partial charge in [0.1, 0.15) is 5.75 Å². The lowest BCUT2D eigenvalue weighted by atomic mass is 10.2. The van der Waals surface area contributed by atoms with Crippen LogP contribution in [-0.2, 0) is 4.79 Å². The Kier molecular flexibility index (Phi) is 4.92. The van der Waals surface area contributed by atoms with Gasteiger partial charge >= 0.3 is 0 Å². The summed E-state index contributed by atoms with van der Waals surface area (Å²) in [6, 6.07) is 13.8. The van der Waals surface area contributed by atoms with Crippen molar-refractivity contribution in [2.24, 2.45) is 0 Å². The van der Waals surface area contributed by atoms with Crippen molar-refractivity contribution in [2.75, 3.05) is 24.3 Å². The Morgan fingerprint density at radius 2 is 2.00 bits per heavy atom. The second kappa shape index (κ2) is 7.67. The molecule has 0 atom stereocenters. The van der Waals surface area contributed by atoms with E-state index in [1.165, 1.54) is 0 Å². The number of hydrogen-bond donors (Lipinski definition) is 2. The zero-order valence-electron chi connectivity index (χ0n) is 15.8. The Balaban J connectivity index is 1.37. The number of aryl methyl sites for hydroxylation is 1. The minimum absolute atomic E-state index is 0.148. The van der Waals surface area contributed by atoms with E-state index in [0.717, 1.165) is 35.5 Å². The topological polar surface area (TPSA) is 94.0 Å². The Morgan fingerprint density at radius 3 is 2.71 bits per heavy atom. The van der Waals surface area contributed by atoms with Crippen molar-refractivity contribution in [3.63, 3.8) is 0 Å². The Bertz CT molecular complexity index is 979. The van der Waals surface area contributed by atoms with Gasteiger partial charge in [-0.15, -0.1) is 5.10 Å². The van der Waals surface area contributed by atoms with Crippen LogP contribution >= 0.6 is 0 Å². The van der Waals surface area contributed by atoms with Gasteiger partial charge in [-0.05, 0) is 72.2 Å². The molecule has 0 saturated heterocycles. The molecule has 1 aromatic heterocycles. The summed E-state index contributed by atoms with van der Waals surface area (Å²) in [6.45, 7) is 2.12. The van der Waals surface area contributed by atoms with Gasteiger partial charge in [0.15, 0.2) is 5.82 Å². The summed E-state index contributed by atoms with van der Waals surface area (Å²) in [4.78, 5) is 12.3. The van der Waals surface area contributed by atoms with Crippen molar-refractivity contribution in [1.82, 2.24) is 20.2 Å². The van der Waals surface area contributed by atoms with Gasteiger partial charge in [0.05, 0.1) is 25.4 Å². The van der Waals surface area contributed by atoms with Crippen molar-refractivity contribution in [3.8, 4) is 17.1 Å². The molecule has 0 unspecified atom stereocenters. The quantitative estimate of drug-likeness (QED) is 0.656. The molecule has 0 aliphatic heterocycles. The lowest BCUT2D eigenvalue weighted by Crippen LogP contribution is -2.22. The number of methoxy groups -OCH3 is 1. The highest BCUT2D eigenvalue weighted by Gasteiger charge is 2.28. The summed E-state index contributed by atoms with van der Waals surface area (Å²) < 4.78 is 7.17. The largest absolute Gasteiger partial charge is 0.495 e. The van der Waals surface area contributed by atoms with Gasteiger partial charge in [0.2, 0.25) is 5.91 Å². The minimum atomic E-state index is -0.148. The molecule has 1 saturated carbocycles. The number of carbonyl (C=O) groups excluding carboxylic acids is 1. The fourth-order valence-corrected chi connectivity index (χ4v) is 2.98. The third-order valence-electron chi connectivity index (χ3n) is 4.61. The summed E-state index contributed by atoms with van der Waals surface area (Å²) in [7, 11) is 1.58. The maximum atomic E-state index is 12.3. The molecule has 0 bridgehead atoms. The first-order valence-electron chi connectivity index (χ1n) is 9.20. The summed E-state index contributed by atoms with van der Waals surface area (Å²) >= 11 is 0. The number of ether oxygens (including phenoxy) is 1. The van der Waals surface area contributed by atoms with E-state index in [4.69, 9.17) is 4.74 Å². The number of amides is 1. The van der Waals surface area contributed by atoms with E-state index < -0.39 is 0 Å². The van der Waals surface area contributed by atoms with E-state index >= 15 is 0 Å². The van der Waals surface area contributed by atoms with E-state index in [1.807, 2.05) is 54.1 Å². The van der Waals surface area contributed by atoms with Crippen LogP contribution in [0.2, 0.25) is 0 Å². The van der Waals surface area contributed by atoms with Gasteiger partial charge in [0, 0.05) is 11.3 Å². The fraction of sp³-hybridized carbons (Fsp3) is 0.300. The van der Waals surface area contributed by atoms with Crippen LogP contribution < -0.4 is 15.4 Å². The molecule has 3 aromatic rings. The minimum Gasteiger partial charge on any atom is -0.495 e. The second-order valence-corrected chi connectivity index (χ2v) is 6.86. The number of anilines is 2. The first-order valence-corrected chi connectivity index (χ1v) is 9.20. The summed E-state index contributed by atoms with van der Waals surface area (Å²) in [6.07, 6.45) is 2.25. The number of nitrogens with one attached hydrogen (secondary N) is 2. The maximum Gasteiger partial charge on any atom is 0.243 e. The van der Waals surface area contributed by atoms with E-state index in [0.29, 0.717) is 17.5 Å². The van der Waals surface area contributed by atoms with Crippen LogP contribution in [-0.4, -0.2) is 39.8 Å². The fourth-order valence-electron chi connectivity index (χ4n) is 2.98. The Morgan fingerprint density at radius 1 is 1.21 bits per heavy atom. The predicted octanol–water partition coefficient (Wildman–Crippen LogP) is 3.04. The molecule has 4 rings (SSSR count). The van der Waals surface area contributed by atoms with Crippen LogP contribution in [0.5, 0.6) is 5.75 Å². The smallest absolute Gasteiger partial charge is 0.243 e. The molecule has 2 N–H and O–H groups in total. The van der Waals surface area contributed by atoms with Crippen molar-refractivity contribution in [1.29, 1.82) is 0 Å². The number of rotatable bonds is 7. The van der Waals surface area contributed by atoms with Gasteiger partial charge < -0.3 is 15.4 Å². The average molecular weight is 378 g/mol. The number of hydrogen-bond acceptors (Lipinski definition) is 6. The molecule has 1 aliphatic rings. The molecular weight excluding hydrogens is 356 g/mol. The standard InChI is InChI=1S/C20H22N6O2/c1-13-3-10-18(28-2)17(11-13)22-19(27)12-21-15-6-4-14(5-7-15)20-23-24-25-26(20)16-8-9-16/h3-7,10-11,16,21H,8-9,12H2,1-2H3,(H,22,27). The van der Waals surface area contributed by atoms with Gasteiger partial charge in [-0.3, -0.25) is 4.79 Å². The Hall–Kier alpha value is -3.42. The second-order valence-electron chi connectivity index (χ2n) is 6.86. The monoisotopic (exact) mass is 378 g/mol. The van der Waals surface area contributed by atoms with Gasteiger partial charge in [0.25, 0.3) is 0 Å². The van der Waals surface area contributed by atoms with Crippen molar-refractivity contribution >= 4 is 17.3 Å². The predicted molar refractivity (Wildman–Crippen MR) is 106 cm³/mol. The first kappa shape index (κ1) is 18.0. The highest BCUT2D eigenvalue weighted by atomic mass is 16.5. The van der Waals surface area contributed by atoms with Crippen LogP contribution in [0, 0.1) is 6.92 Å². The molecule has 28 heavy (non-hydrogen) atoms. The molecule has 1 fully saturated rings. The Labute approximate surface area is 162 Å². The third kappa shape index (κ3) is 3.95. The highest BCUT2D eigenvalue weighted by molar-refractivity contribution is 5.95. The third-order valence-corrected chi connectivity index (χ3v) is 4.61. The first-order chi connectivity index (χ1) is 13.6. The molecule has 1 amide bonds. The van der Waals surface area contributed by atoms with Gasteiger partial charge in [-0.25, -0.2) is 4.68 Å². The molecule has 0 radical (unpaired) electrons. The van der Waals surface area contributed by atoms with E-state index in [9.17, 15) is 4.79 Å². The molecule has 1 heterocycles. The van der Waals surface area contributed by atoms with Crippen LogP contribution in [0.1, 0.15) is 24.4 Å². The summed E-state index contributed by atoms with van der Waals surface area (Å²) in [5, 5.41) is 18.0. The number of tetrazole rings is 1. The van der Waals surface area contributed by atoms with Gasteiger partial charge in [-0.2, -0.15) is 0 Å². The van der Waals surface area contributed by atoms with Crippen molar-refractivity contribution in [2.45, 2.75) is 25.8 Å². The number of carbonyl (C=O) groups is 1. The van der Waals surface area contributed by atoms with E-state index in [-0.39, 0.29) is 12.5 Å². The van der Waals surface area contributed by atoms with Crippen LogP contribution in [0.4, 0.5) is 11.4 Å². The number of benzene rings is 2. The van der Waals surface area contributed by atoms with Crippen molar-refractivity contribution < 1.29 is 9.53 Å². The molecule has 8 heteroatoms. The molecule has 144 valence electrons. The lowest BCUT2D eigenvalue weighted by molar-refractivity contribution is -0.114. The van der Waals surface area contributed by atoms with E-state index in [1.54, 1.807) is 7.11 Å². The highest BCUT2D eigenvalue weighted by Crippen LogP contribution is 2.36. The summed E-state index contributed by atoms with van der Waals surface area (Å²) in [5.41, 5.74) is 3.52. The zero-order chi connectivity index (χ0) is 19.5. The molecular formula is C20H22N6O2. The van der Waals surface area contributed by atoms with Crippen LogP contribution in [0.25, 0.3) is 11.4 Å². The van der Waals surface area contributed by atoms with Gasteiger partial charge in [-0.1, -0.05) is 6.07 Å². The SMILES string of the molecule is COc1ccc(C)cc1NC(=O)CNc1ccc(-c2nnnn2C2CC2)cc1. The summed E-state index contributed by atoms with van der Waals surface area (Å²) in [5.74, 6) is 1.26. The average Bonchev–Trinajstić information content (AvgIpc) is 3.43. The maximum absolute atomic E-state index is 12.3. The molecule has 1 aliphatic carbocycles. The number of aromatic nitrogens is 4. The van der Waals surface area contributed by atoms with E-state index in [2.05, 4.69) is 26.2 Å². The van der Waals surface area contributed by atoms with Crippen LogP contribution in [0.15, 0.2) is 42.5 Å². The molecule has 0 spiro atoms. The van der Waals surface area contributed by atoms with Crippen LogP contribution in [0.3, 0.4) is 0 Å². The normalized spacial score (nSPS) is 13.2. The number of nitrogens with zero attached hydrogens (tertiary/aromatic N) is 4. The lowest BCUT2D eigenvalue weighted by Gasteiger charge is -2.12. The zero-order valence-corrected chi connectivity index (χ0v) is 15.8.